The molecular formula is C11H17N3. The van der Waals surface area contributed by atoms with Gasteiger partial charge in [0.05, 0.1) is 0 Å². The third-order valence-corrected chi connectivity index (χ3v) is 2.58. The molecule has 1 aromatic rings. The molecule has 1 aromatic heterocycles. The van der Waals surface area contributed by atoms with Crippen molar-refractivity contribution in [1.29, 1.82) is 0 Å². The summed E-state index contributed by atoms with van der Waals surface area (Å²) >= 11 is 0. The Balaban J connectivity index is 2.05. The van der Waals surface area contributed by atoms with Crippen LogP contribution in [0.15, 0.2) is 18.3 Å². The standard InChI is InChI=1S/C11H17N3/c1-2-12-11-10(5-3-6-13-11)9-14-7-4-8-14/h3,5-6H,2,4,7-9H2,1H3,(H,12,13). The van der Waals surface area contributed by atoms with Crippen molar-refractivity contribution in [3.05, 3.63) is 23.9 Å². The molecule has 76 valence electrons. The van der Waals surface area contributed by atoms with Crippen LogP contribution in [-0.4, -0.2) is 29.5 Å². The summed E-state index contributed by atoms with van der Waals surface area (Å²) in [5.74, 6) is 1.04. The van der Waals surface area contributed by atoms with Gasteiger partial charge in [-0.2, -0.15) is 0 Å². The molecule has 0 atom stereocenters. The second kappa shape index (κ2) is 4.42. The Morgan fingerprint density at radius 3 is 3.00 bits per heavy atom. The topological polar surface area (TPSA) is 28.2 Å². The van der Waals surface area contributed by atoms with Crippen LogP contribution in [0.3, 0.4) is 0 Å². The quantitative estimate of drug-likeness (QED) is 0.785. The summed E-state index contributed by atoms with van der Waals surface area (Å²) in [5, 5.41) is 3.29. The van der Waals surface area contributed by atoms with Crippen LogP contribution in [0.25, 0.3) is 0 Å². The van der Waals surface area contributed by atoms with E-state index in [1.54, 1.807) is 0 Å². The van der Waals surface area contributed by atoms with Crippen LogP contribution in [0.1, 0.15) is 18.9 Å². The molecule has 1 saturated heterocycles. The van der Waals surface area contributed by atoms with Gasteiger partial charge in [-0.1, -0.05) is 6.07 Å². The Kier molecular flexibility index (Phi) is 2.99. The Labute approximate surface area is 85.1 Å². The molecule has 2 rings (SSSR count). The predicted molar refractivity (Wildman–Crippen MR) is 58.3 cm³/mol. The summed E-state index contributed by atoms with van der Waals surface area (Å²) in [5.41, 5.74) is 1.31. The highest BCUT2D eigenvalue weighted by Crippen LogP contribution is 2.17. The van der Waals surface area contributed by atoms with E-state index in [4.69, 9.17) is 0 Å². The van der Waals surface area contributed by atoms with Gasteiger partial charge in [0.2, 0.25) is 0 Å². The molecule has 0 bridgehead atoms. The molecule has 14 heavy (non-hydrogen) atoms. The molecule has 0 radical (unpaired) electrons. The lowest BCUT2D eigenvalue weighted by atomic mass is 10.1. The first kappa shape index (κ1) is 9.46. The second-order valence-corrected chi connectivity index (χ2v) is 3.67. The number of rotatable bonds is 4. The number of pyridine rings is 1. The van der Waals surface area contributed by atoms with Crippen molar-refractivity contribution >= 4 is 5.82 Å². The van der Waals surface area contributed by atoms with Gasteiger partial charge in [-0.25, -0.2) is 4.98 Å². The van der Waals surface area contributed by atoms with Gasteiger partial charge in [-0.05, 0) is 32.5 Å². The van der Waals surface area contributed by atoms with Crippen molar-refractivity contribution in [2.24, 2.45) is 0 Å². The van der Waals surface area contributed by atoms with Crippen molar-refractivity contribution < 1.29 is 0 Å². The van der Waals surface area contributed by atoms with Crippen LogP contribution in [0.4, 0.5) is 5.82 Å². The van der Waals surface area contributed by atoms with Crippen LogP contribution in [0.5, 0.6) is 0 Å². The van der Waals surface area contributed by atoms with E-state index in [2.05, 4.69) is 28.2 Å². The van der Waals surface area contributed by atoms with Crippen LogP contribution < -0.4 is 5.32 Å². The zero-order valence-corrected chi connectivity index (χ0v) is 8.66. The van der Waals surface area contributed by atoms with Crippen molar-refractivity contribution in [3.8, 4) is 0 Å². The monoisotopic (exact) mass is 191 g/mol. The van der Waals surface area contributed by atoms with E-state index in [9.17, 15) is 0 Å². The van der Waals surface area contributed by atoms with Crippen LogP contribution in [0.2, 0.25) is 0 Å². The Hall–Kier alpha value is -1.09. The molecule has 1 N–H and O–H groups in total. The van der Waals surface area contributed by atoms with E-state index in [0.717, 1.165) is 18.9 Å². The first-order chi connectivity index (χ1) is 6.90. The fourth-order valence-electron chi connectivity index (χ4n) is 1.67. The number of likely N-dealkylation sites (tertiary alicyclic amines) is 1. The first-order valence-corrected chi connectivity index (χ1v) is 5.30. The van der Waals surface area contributed by atoms with Gasteiger partial charge < -0.3 is 5.32 Å². The summed E-state index contributed by atoms with van der Waals surface area (Å²) in [7, 11) is 0. The summed E-state index contributed by atoms with van der Waals surface area (Å²) < 4.78 is 0. The SMILES string of the molecule is CCNc1ncccc1CN1CCC1. The zero-order valence-electron chi connectivity index (χ0n) is 8.66. The molecule has 0 aliphatic carbocycles. The van der Waals surface area contributed by atoms with E-state index in [1.165, 1.54) is 25.1 Å². The minimum atomic E-state index is 0.935. The van der Waals surface area contributed by atoms with E-state index in [0.29, 0.717) is 0 Å². The van der Waals surface area contributed by atoms with E-state index in [-0.39, 0.29) is 0 Å². The third kappa shape index (κ3) is 2.04. The van der Waals surface area contributed by atoms with Gasteiger partial charge in [0.1, 0.15) is 5.82 Å². The minimum absolute atomic E-state index is 0.935. The molecule has 2 heterocycles. The lowest BCUT2D eigenvalue weighted by molar-refractivity contribution is 0.173. The van der Waals surface area contributed by atoms with Gasteiger partial charge >= 0.3 is 0 Å². The summed E-state index contributed by atoms with van der Waals surface area (Å²) in [6.07, 6.45) is 3.19. The number of hydrogen-bond acceptors (Lipinski definition) is 3. The van der Waals surface area contributed by atoms with Gasteiger partial charge in [-0.15, -0.1) is 0 Å². The smallest absolute Gasteiger partial charge is 0.130 e. The van der Waals surface area contributed by atoms with Crippen LogP contribution in [0, 0.1) is 0 Å². The maximum Gasteiger partial charge on any atom is 0.130 e. The summed E-state index contributed by atoms with van der Waals surface area (Å²) in [4.78, 5) is 6.78. The van der Waals surface area contributed by atoms with Crippen molar-refractivity contribution in [1.82, 2.24) is 9.88 Å². The maximum atomic E-state index is 4.34. The van der Waals surface area contributed by atoms with Gasteiger partial charge in [0, 0.05) is 24.8 Å². The highest BCUT2D eigenvalue weighted by atomic mass is 15.2. The lowest BCUT2D eigenvalue weighted by Crippen LogP contribution is -2.36. The van der Waals surface area contributed by atoms with E-state index in [1.807, 2.05) is 12.3 Å². The van der Waals surface area contributed by atoms with E-state index < -0.39 is 0 Å². The summed E-state index contributed by atoms with van der Waals surface area (Å²) in [6.45, 7) is 6.54. The number of hydrogen-bond donors (Lipinski definition) is 1. The van der Waals surface area contributed by atoms with Crippen molar-refractivity contribution in [2.45, 2.75) is 19.9 Å². The van der Waals surface area contributed by atoms with Gasteiger partial charge in [0.25, 0.3) is 0 Å². The average Bonchev–Trinajstić information content (AvgIpc) is 2.14. The Bertz CT molecular complexity index is 294. The normalized spacial score (nSPS) is 16.4. The number of aromatic nitrogens is 1. The molecule has 0 amide bonds. The molecule has 1 fully saturated rings. The van der Waals surface area contributed by atoms with Crippen molar-refractivity contribution in [2.75, 3.05) is 25.0 Å². The second-order valence-electron chi connectivity index (χ2n) is 3.67. The van der Waals surface area contributed by atoms with Gasteiger partial charge in [-0.3, -0.25) is 4.90 Å². The Morgan fingerprint density at radius 1 is 1.50 bits per heavy atom. The first-order valence-electron chi connectivity index (χ1n) is 5.30. The molecule has 0 saturated carbocycles. The average molecular weight is 191 g/mol. The lowest BCUT2D eigenvalue weighted by Gasteiger charge is -2.31. The molecule has 3 heteroatoms. The maximum absolute atomic E-state index is 4.34. The molecule has 0 unspecified atom stereocenters. The molecule has 0 spiro atoms. The number of anilines is 1. The third-order valence-electron chi connectivity index (χ3n) is 2.58. The molecular weight excluding hydrogens is 174 g/mol. The molecule has 0 aromatic carbocycles. The summed E-state index contributed by atoms with van der Waals surface area (Å²) in [6, 6.07) is 4.17. The molecule has 3 nitrogen and oxygen atoms in total. The fraction of sp³-hybridized carbons (Fsp3) is 0.545. The fourth-order valence-corrected chi connectivity index (χ4v) is 1.67. The van der Waals surface area contributed by atoms with Crippen molar-refractivity contribution in [3.63, 3.8) is 0 Å². The highest BCUT2D eigenvalue weighted by molar-refractivity contribution is 5.43. The highest BCUT2D eigenvalue weighted by Gasteiger charge is 2.15. The van der Waals surface area contributed by atoms with Gasteiger partial charge in [0.15, 0.2) is 0 Å². The minimum Gasteiger partial charge on any atom is -0.370 e. The van der Waals surface area contributed by atoms with Crippen LogP contribution >= 0.6 is 0 Å². The Morgan fingerprint density at radius 2 is 2.36 bits per heavy atom. The number of nitrogens with one attached hydrogen (secondary N) is 1. The predicted octanol–water partition coefficient (Wildman–Crippen LogP) is 1.72. The largest absolute Gasteiger partial charge is 0.370 e. The van der Waals surface area contributed by atoms with E-state index >= 15 is 0 Å². The van der Waals surface area contributed by atoms with Crippen LogP contribution in [-0.2, 0) is 6.54 Å². The number of nitrogens with zero attached hydrogens (tertiary/aromatic N) is 2. The molecule has 1 aliphatic rings. The molecule has 1 aliphatic heterocycles. The zero-order chi connectivity index (χ0) is 9.80.